The average Bonchev–Trinajstić information content (AvgIpc) is 2.85. The van der Waals surface area contributed by atoms with Gasteiger partial charge in [0.2, 0.25) is 5.91 Å². The van der Waals surface area contributed by atoms with Crippen LogP contribution in [0.5, 0.6) is 0 Å². The van der Waals surface area contributed by atoms with E-state index in [9.17, 15) is 4.79 Å². The number of carbonyl (C=O) groups excluding carboxylic acids is 1. The number of hydrogen-bond donors (Lipinski definition) is 2. The van der Waals surface area contributed by atoms with E-state index in [-0.39, 0.29) is 5.91 Å². The molecule has 3 nitrogen and oxygen atoms in total. The number of amides is 1. The van der Waals surface area contributed by atoms with E-state index >= 15 is 0 Å². The van der Waals surface area contributed by atoms with Gasteiger partial charge in [0.25, 0.3) is 0 Å². The first kappa shape index (κ1) is 10.5. The van der Waals surface area contributed by atoms with Crippen molar-refractivity contribution in [2.45, 2.75) is 26.7 Å². The van der Waals surface area contributed by atoms with Crippen LogP contribution in [-0.4, -0.2) is 25.5 Å². The van der Waals surface area contributed by atoms with E-state index < -0.39 is 0 Å². The van der Waals surface area contributed by atoms with Crippen LogP contribution in [0.4, 0.5) is 0 Å². The van der Waals surface area contributed by atoms with E-state index in [1.807, 2.05) is 0 Å². The van der Waals surface area contributed by atoms with Crippen LogP contribution >= 0.6 is 0 Å². The molecule has 0 unspecified atom stereocenters. The number of nitrogens with one attached hydrogen (secondary N) is 2. The lowest BCUT2D eigenvalue weighted by Crippen LogP contribution is -2.33. The molecule has 2 N–H and O–H groups in total. The smallest absolute Gasteiger partial charge is 0.223 e. The molecule has 0 bridgehead atoms. The van der Waals surface area contributed by atoms with Gasteiger partial charge < -0.3 is 10.6 Å². The molecular weight excluding hydrogens is 164 g/mol. The Bertz CT molecular complexity index is 164. The predicted molar refractivity (Wildman–Crippen MR) is 53.4 cm³/mol. The molecule has 76 valence electrons. The minimum Gasteiger partial charge on any atom is -0.355 e. The fourth-order valence-electron chi connectivity index (χ4n) is 1.15. The summed E-state index contributed by atoms with van der Waals surface area (Å²) < 4.78 is 0. The second-order valence-electron chi connectivity index (χ2n) is 4.16. The molecule has 1 aliphatic rings. The summed E-state index contributed by atoms with van der Waals surface area (Å²) in [6.07, 6.45) is 2.18. The maximum atomic E-state index is 11.2. The lowest BCUT2D eigenvalue weighted by Gasteiger charge is -2.07. The van der Waals surface area contributed by atoms with Crippen molar-refractivity contribution >= 4 is 5.91 Å². The standard InChI is InChI=1S/C10H20N2O/c1-8(2)7-11-5-6-12-10(13)9-3-4-9/h8-9,11H,3-7H2,1-2H3,(H,12,13). The molecule has 1 aliphatic carbocycles. The molecule has 3 heteroatoms. The van der Waals surface area contributed by atoms with E-state index in [4.69, 9.17) is 0 Å². The molecule has 0 aromatic carbocycles. The van der Waals surface area contributed by atoms with Crippen molar-refractivity contribution < 1.29 is 4.79 Å². The quantitative estimate of drug-likeness (QED) is 0.598. The molecule has 0 aliphatic heterocycles. The van der Waals surface area contributed by atoms with Crippen molar-refractivity contribution in [3.8, 4) is 0 Å². The van der Waals surface area contributed by atoms with Crippen molar-refractivity contribution in [1.29, 1.82) is 0 Å². The fraction of sp³-hybridized carbons (Fsp3) is 0.900. The summed E-state index contributed by atoms with van der Waals surface area (Å²) in [6.45, 7) is 7.03. The highest BCUT2D eigenvalue weighted by Crippen LogP contribution is 2.28. The predicted octanol–water partition coefficient (Wildman–Crippen LogP) is 0.758. The monoisotopic (exact) mass is 184 g/mol. The van der Waals surface area contributed by atoms with Crippen molar-refractivity contribution in [1.82, 2.24) is 10.6 Å². The molecule has 1 rings (SSSR count). The number of carbonyl (C=O) groups is 1. The largest absolute Gasteiger partial charge is 0.355 e. The molecule has 13 heavy (non-hydrogen) atoms. The van der Waals surface area contributed by atoms with Crippen LogP contribution in [-0.2, 0) is 4.79 Å². The highest BCUT2D eigenvalue weighted by Gasteiger charge is 2.28. The lowest BCUT2D eigenvalue weighted by atomic mass is 10.2. The fourth-order valence-corrected chi connectivity index (χ4v) is 1.15. The van der Waals surface area contributed by atoms with Crippen LogP contribution < -0.4 is 10.6 Å². The molecule has 1 saturated carbocycles. The third kappa shape index (κ3) is 4.88. The molecule has 0 atom stereocenters. The summed E-state index contributed by atoms with van der Waals surface area (Å²) in [5.74, 6) is 1.26. The first-order valence-electron chi connectivity index (χ1n) is 5.18. The van der Waals surface area contributed by atoms with Crippen LogP contribution in [0, 0.1) is 11.8 Å². The highest BCUT2D eigenvalue weighted by atomic mass is 16.2. The average molecular weight is 184 g/mol. The van der Waals surface area contributed by atoms with Gasteiger partial charge >= 0.3 is 0 Å². The van der Waals surface area contributed by atoms with Crippen LogP contribution in [0.1, 0.15) is 26.7 Å². The summed E-state index contributed by atoms with van der Waals surface area (Å²) in [4.78, 5) is 11.2. The topological polar surface area (TPSA) is 41.1 Å². The molecule has 0 saturated heterocycles. The van der Waals surface area contributed by atoms with Gasteiger partial charge in [-0.15, -0.1) is 0 Å². The molecule has 0 spiro atoms. The van der Waals surface area contributed by atoms with Gasteiger partial charge in [-0.25, -0.2) is 0 Å². The summed E-state index contributed by atoms with van der Waals surface area (Å²) in [5, 5.41) is 6.20. The zero-order chi connectivity index (χ0) is 9.68. The van der Waals surface area contributed by atoms with E-state index in [0.717, 1.165) is 32.5 Å². The van der Waals surface area contributed by atoms with Gasteiger partial charge in [-0.2, -0.15) is 0 Å². The first-order chi connectivity index (χ1) is 6.20. The minimum atomic E-state index is 0.242. The lowest BCUT2D eigenvalue weighted by molar-refractivity contribution is -0.122. The maximum absolute atomic E-state index is 11.2. The highest BCUT2D eigenvalue weighted by molar-refractivity contribution is 5.80. The van der Waals surface area contributed by atoms with Crippen molar-refractivity contribution in [2.75, 3.05) is 19.6 Å². The SMILES string of the molecule is CC(C)CNCCNC(=O)C1CC1. The third-order valence-corrected chi connectivity index (χ3v) is 2.10. The molecule has 0 heterocycles. The summed E-state index contributed by atoms with van der Waals surface area (Å²) in [6, 6.07) is 0. The van der Waals surface area contributed by atoms with Crippen LogP contribution in [0.2, 0.25) is 0 Å². The zero-order valence-electron chi connectivity index (χ0n) is 8.60. The van der Waals surface area contributed by atoms with E-state index in [0.29, 0.717) is 11.8 Å². The van der Waals surface area contributed by atoms with Gasteiger partial charge in [0.15, 0.2) is 0 Å². The van der Waals surface area contributed by atoms with E-state index in [1.54, 1.807) is 0 Å². The van der Waals surface area contributed by atoms with Gasteiger partial charge in [-0.3, -0.25) is 4.79 Å². The normalized spacial score (nSPS) is 16.2. The van der Waals surface area contributed by atoms with E-state index in [2.05, 4.69) is 24.5 Å². The Kier molecular flexibility index (Phi) is 4.22. The second-order valence-corrected chi connectivity index (χ2v) is 4.16. The van der Waals surface area contributed by atoms with Crippen molar-refractivity contribution in [2.24, 2.45) is 11.8 Å². The number of rotatable bonds is 6. The Hall–Kier alpha value is -0.570. The Morgan fingerprint density at radius 2 is 2.08 bits per heavy atom. The van der Waals surface area contributed by atoms with E-state index in [1.165, 1.54) is 0 Å². The number of hydrogen-bond acceptors (Lipinski definition) is 2. The second kappa shape index (κ2) is 5.22. The van der Waals surface area contributed by atoms with Gasteiger partial charge in [-0.05, 0) is 25.3 Å². The minimum absolute atomic E-state index is 0.242. The molecule has 1 fully saturated rings. The molecule has 1 amide bonds. The van der Waals surface area contributed by atoms with Gasteiger partial charge in [0, 0.05) is 19.0 Å². The van der Waals surface area contributed by atoms with Gasteiger partial charge in [0.1, 0.15) is 0 Å². The Morgan fingerprint density at radius 3 is 2.62 bits per heavy atom. The van der Waals surface area contributed by atoms with Crippen molar-refractivity contribution in [3.63, 3.8) is 0 Å². The Morgan fingerprint density at radius 1 is 1.38 bits per heavy atom. The van der Waals surface area contributed by atoms with Gasteiger partial charge in [-0.1, -0.05) is 13.8 Å². The Labute approximate surface area is 80.3 Å². The van der Waals surface area contributed by atoms with Crippen molar-refractivity contribution in [3.05, 3.63) is 0 Å². The molecule has 0 aromatic rings. The molecule has 0 radical (unpaired) electrons. The molecular formula is C10H20N2O. The Balaban J connectivity index is 1.86. The van der Waals surface area contributed by atoms with Crippen LogP contribution in [0.25, 0.3) is 0 Å². The first-order valence-corrected chi connectivity index (χ1v) is 5.18. The zero-order valence-corrected chi connectivity index (χ0v) is 8.60. The summed E-state index contributed by atoms with van der Waals surface area (Å²) >= 11 is 0. The molecule has 0 aromatic heterocycles. The van der Waals surface area contributed by atoms with Crippen LogP contribution in [0.15, 0.2) is 0 Å². The third-order valence-electron chi connectivity index (χ3n) is 2.10. The maximum Gasteiger partial charge on any atom is 0.223 e. The van der Waals surface area contributed by atoms with Crippen LogP contribution in [0.3, 0.4) is 0 Å². The summed E-state index contributed by atoms with van der Waals surface area (Å²) in [7, 11) is 0. The summed E-state index contributed by atoms with van der Waals surface area (Å²) in [5.41, 5.74) is 0. The van der Waals surface area contributed by atoms with Gasteiger partial charge in [0.05, 0.1) is 0 Å².